The molecule has 0 bridgehead atoms. The molecule has 112 valence electrons. The zero-order chi connectivity index (χ0) is 14.0. The third-order valence-corrected chi connectivity index (χ3v) is 8.54. The van der Waals surface area contributed by atoms with Crippen LogP contribution in [0.1, 0.15) is 72.1 Å². The summed E-state index contributed by atoms with van der Waals surface area (Å²) in [6.45, 7) is 7.83. The van der Waals surface area contributed by atoms with Crippen molar-refractivity contribution in [2.45, 2.75) is 72.1 Å². The van der Waals surface area contributed by atoms with Gasteiger partial charge < -0.3 is 0 Å². The molecule has 4 rings (SSSR count). The number of rotatable bonds is 0. The Morgan fingerprint density at radius 1 is 0.950 bits per heavy atom. The van der Waals surface area contributed by atoms with E-state index in [0.29, 0.717) is 10.8 Å². The minimum atomic E-state index is 0.558. The van der Waals surface area contributed by atoms with Crippen LogP contribution in [0.4, 0.5) is 0 Å². The topological polar surface area (TPSA) is 0 Å². The summed E-state index contributed by atoms with van der Waals surface area (Å²) in [5.74, 6) is 5.06. The van der Waals surface area contributed by atoms with Crippen molar-refractivity contribution in [1.82, 2.24) is 0 Å². The SMILES string of the molecule is C[C@H]1CCCC2CC[C@@H]3[C@H](CC[C@]4(C)C=CC[C@@H]34)[C@]21C. The summed E-state index contributed by atoms with van der Waals surface area (Å²) in [6.07, 6.45) is 17.0. The zero-order valence-corrected chi connectivity index (χ0v) is 13.7. The van der Waals surface area contributed by atoms with Crippen LogP contribution in [0.25, 0.3) is 0 Å². The number of fused-ring (bicyclic) bond motifs is 5. The molecule has 3 saturated carbocycles. The van der Waals surface area contributed by atoms with Crippen molar-refractivity contribution in [3.05, 3.63) is 12.2 Å². The maximum absolute atomic E-state index is 2.70. The van der Waals surface area contributed by atoms with E-state index in [1.54, 1.807) is 6.42 Å². The van der Waals surface area contributed by atoms with Gasteiger partial charge in [0.25, 0.3) is 0 Å². The molecule has 0 aliphatic heterocycles. The molecule has 0 aromatic heterocycles. The first-order chi connectivity index (χ1) is 9.56. The van der Waals surface area contributed by atoms with Gasteiger partial charge in [0.15, 0.2) is 0 Å². The predicted octanol–water partition coefficient (Wildman–Crippen LogP) is 5.83. The molecule has 0 nitrogen and oxygen atoms in total. The highest BCUT2D eigenvalue weighted by Gasteiger charge is 2.57. The predicted molar refractivity (Wildman–Crippen MR) is 85.4 cm³/mol. The summed E-state index contributed by atoms with van der Waals surface area (Å²) in [6, 6.07) is 0. The van der Waals surface area contributed by atoms with Crippen LogP contribution >= 0.6 is 0 Å². The highest BCUT2D eigenvalue weighted by atomic mass is 14.6. The van der Waals surface area contributed by atoms with Crippen LogP contribution in [0, 0.1) is 40.4 Å². The van der Waals surface area contributed by atoms with Gasteiger partial charge in [-0.25, -0.2) is 0 Å². The van der Waals surface area contributed by atoms with E-state index in [2.05, 4.69) is 32.9 Å². The van der Waals surface area contributed by atoms with Crippen LogP contribution in [-0.2, 0) is 0 Å². The van der Waals surface area contributed by atoms with Crippen molar-refractivity contribution >= 4 is 0 Å². The van der Waals surface area contributed by atoms with Crippen molar-refractivity contribution < 1.29 is 0 Å². The molecule has 20 heavy (non-hydrogen) atoms. The minimum absolute atomic E-state index is 0.558. The van der Waals surface area contributed by atoms with Crippen molar-refractivity contribution in [3.8, 4) is 0 Å². The fraction of sp³-hybridized carbons (Fsp3) is 0.900. The average molecular weight is 272 g/mol. The average Bonchev–Trinajstić information content (AvgIpc) is 2.82. The Balaban J connectivity index is 1.68. The fourth-order valence-corrected chi connectivity index (χ4v) is 7.16. The van der Waals surface area contributed by atoms with Crippen LogP contribution < -0.4 is 0 Å². The Kier molecular flexibility index (Phi) is 2.93. The summed E-state index contributed by atoms with van der Waals surface area (Å²) in [4.78, 5) is 0. The van der Waals surface area contributed by atoms with Gasteiger partial charge in [0.1, 0.15) is 0 Å². The van der Waals surface area contributed by atoms with Crippen LogP contribution in [-0.4, -0.2) is 0 Å². The van der Waals surface area contributed by atoms with Crippen LogP contribution in [0.2, 0.25) is 0 Å². The molecule has 0 spiro atoms. The monoisotopic (exact) mass is 272 g/mol. The molecule has 0 saturated heterocycles. The molecular weight excluding hydrogens is 240 g/mol. The van der Waals surface area contributed by atoms with Gasteiger partial charge >= 0.3 is 0 Å². The first kappa shape index (κ1) is 13.4. The molecule has 0 N–H and O–H groups in total. The van der Waals surface area contributed by atoms with E-state index in [1.807, 2.05) is 0 Å². The first-order valence-electron chi connectivity index (χ1n) is 9.23. The normalized spacial score (nSPS) is 57.9. The molecule has 4 aliphatic carbocycles. The van der Waals surface area contributed by atoms with Gasteiger partial charge in [-0.1, -0.05) is 45.8 Å². The van der Waals surface area contributed by atoms with Gasteiger partial charge in [-0.05, 0) is 78.9 Å². The van der Waals surface area contributed by atoms with Gasteiger partial charge in [0.05, 0.1) is 0 Å². The number of hydrogen-bond donors (Lipinski definition) is 0. The van der Waals surface area contributed by atoms with E-state index in [-0.39, 0.29) is 0 Å². The highest BCUT2D eigenvalue weighted by molar-refractivity contribution is 5.16. The van der Waals surface area contributed by atoms with E-state index in [1.165, 1.54) is 44.9 Å². The second-order valence-corrected chi connectivity index (χ2v) is 9.03. The summed E-state index contributed by atoms with van der Waals surface area (Å²) >= 11 is 0. The molecule has 0 radical (unpaired) electrons. The lowest BCUT2D eigenvalue weighted by Gasteiger charge is -2.62. The lowest BCUT2D eigenvalue weighted by Crippen LogP contribution is -2.54. The standard InChI is InChI=1S/C20H32/c1-14-6-4-7-15-9-10-16-17-8-5-12-19(17,2)13-11-18(16)20(14,15)3/h5,12,14-18H,4,6-11,13H2,1-3H3/t14-,15?,16-,17-,18-,19-,20-/m0/s1. The second kappa shape index (κ2) is 4.37. The first-order valence-corrected chi connectivity index (χ1v) is 9.23. The largest absolute Gasteiger partial charge is 0.0877 e. The third kappa shape index (κ3) is 1.60. The molecule has 0 aromatic carbocycles. The van der Waals surface area contributed by atoms with Crippen molar-refractivity contribution in [2.75, 3.05) is 0 Å². The maximum atomic E-state index is 2.70. The number of allylic oxidation sites excluding steroid dienone is 2. The Bertz CT molecular complexity index is 422. The molecule has 1 unspecified atom stereocenters. The minimum Gasteiger partial charge on any atom is -0.0877 e. The van der Waals surface area contributed by atoms with Crippen LogP contribution in [0.3, 0.4) is 0 Å². The van der Waals surface area contributed by atoms with E-state index >= 15 is 0 Å². The van der Waals surface area contributed by atoms with E-state index in [0.717, 1.165) is 29.6 Å². The third-order valence-electron chi connectivity index (χ3n) is 8.54. The lowest BCUT2D eigenvalue weighted by molar-refractivity contribution is -0.123. The molecular formula is C20H32. The van der Waals surface area contributed by atoms with Gasteiger partial charge in [-0.2, -0.15) is 0 Å². The van der Waals surface area contributed by atoms with Gasteiger partial charge in [-0.15, -0.1) is 0 Å². The maximum Gasteiger partial charge on any atom is -0.0112 e. The van der Waals surface area contributed by atoms with E-state index < -0.39 is 0 Å². The molecule has 7 atom stereocenters. The molecule has 0 heteroatoms. The van der Waals surface area contributed by atoms with Crippen LogP contribution in [0.5, 0.6) is 0 Å². The summed E-state index contributed by atoms with van der Waals surface area (Å²) in [5.41, 5.74) is 1.23. The second-order valence-electron chi connectivity index (χ2n) is 9.03. The van der Waals surface area contributed by atoms with E-state index in [4.69, 9.17) is 0 Å². The smallest absolute Gasteiger partial charge is 0.0112 e. The van der Waals surface area contributed by atoms with Crippen molar-refractivity contribution in [1.29, 1.82) is 0 Å². The molecule has 0 amide bonds. The highest BCUT2D eigenvalue weighted by Crippen LogP contribution is 2.66. The van der Waals surface area contributed by atoms with Gasteiger partial charge in [0.2, 0.25) is 0 Å². The number of hydrogen-bond acceptors (Lipinski definition) is 0. The Morgan fingerprint density at radius 3 is 2.65 bits per heavy atom. The summed E-state index contributed by atoms with van der Waals surface area (Å²) in [5, 5.41) is 0. The van der Waals surface area contributed by atoms with E-state index in [9.17, 15) is 0 Å². The molecule has 3 fully saturated rings. The molecule has 0 heterocycles. The van der Waals surface area contributed by atoms with Gasteiger partial charge in [-0.3, -0.25) is 0 Å². The van der Waals surface area contributed by atoms with Crippen LogP contribution in [0.15, 0.2) is 12.2 Å². The Hall–Kier alpha value is -0.260. The Morgan fingerprint density at radius 2 is 1.80 bits per heavy atom. The lowest BCUT2D eigenvalue weighted by atomic mass is 9.43. The van der Waals surface area contributed by atoms with Crippen molar-refractivity contribution in [3.63, 3.8) is 0 Å². The molecule has 0 aromatic rings. The molecule has 4 aliphatic rings. The van der Waals surface area contributed by atoms with Crippen molar-refractivity contribution in [2.24, 2.45) is 40.4 Å². The fourth-order valence-electron chi connectivity index (χ4n) is 7.16. The van der Waals surface area contributed by atoms with Gasteiger partial charge in [0, 0.05) is 0 Å². The summed E-state index contributed by atoms with van der Waals surface area (Å²) in [7, 11) is 0. The zero-order valence-electron chi connectivity index (χ0n) is 13.7. The summed E-state index contributed by atoms with van der Waals surface area (Å²) < 4.78 is 0. The quantitative estimate of drug-likeness (QED) is 0.487. The Labute approximate surface area is 125 Å².